The average molecular weight is 263 g/mol. The van der Waals surface area contributed by atoms with Gasteiger partial charge in [0, 0.05) is 12.8 Å². The summed E-state index contributed by atoms with van der Waals surface area (Å²) in [5, 5.41) is 6.52. The van der Waals surface area contributed by atoms with Gasteiger partial charge in [-0.1, -0.05) is 0 Å². The third-order valence-electron chi connectivity index (χ3n) is 4.26. The monoisotopic (exact) mass is 263 g/mol. The first-order chi connectivity index (χ1) is 9.30. The molecule has 2 aliphatic rings. The molecule has 2 saturated heterocycles. The number of amides is 1. The molecule has 0 saturated carbocycles. The molecule has 5 heteroatoms. The van der Waals surface area contributed by atoms with Crippen molar-refractivity contribution in [1.29, 1.82) is 0 Å². The van der Waals surface area contributed by atoms with Crippen LogP contribution >= 0.6 is 0 Å². The Morgan fingerprint density at radius 1 is 1.42 bits per heavy atom. The normalized spacial score (nSPS) is 26.2. The van der Waals surface area contributed by atoms with Gasteiger partial charge in [-0.2, -0.15) is 0 Å². The minimum Gasteiger partial charge on any atom is -0.373 e. The summed E-state index contributed by atoms with van der Waals surface area (Å²) in [5.41, 5.74) is 0.459. The molecular formula is C14H21N3O2. The molecule has 0 radical (unpaired) electrons. The number of carbonyl (C=O) groups excluding carboxylic acids is 1. The number of rotatable bonds is 2. The van der Waals surface area contributed by atoms with Crippen LogP contribution in [0, 0.1) is 0 Å². The molecule has 1 atom stereocenters. The summed E-state index contributed by atoms with van der Waals surface area (Å²) in [6.07, 6.45) is 5.75. The van der Waals surface area contributed by atoms with Gasteiger partial charge in [0.2, 0.25) is 0 Å². The van der Waals surface area contributed by atoms with E-state index in [1.54, 1.807) is 12.3 Å². The molecule has 1 aromatic rings. The Kier molecular flexibility index (Phi) is 3.57. The van der Waals surface area contributed by atoms with Crippen LogP contribution in [0.25, 0.3) is 0 Å². The summed E-state index contributed by atoms with van der Waals surface area (Å²) in [6, 6.07) is 3.76. The molecule has 0 aromatic carbocycles. The van der Waals surface area contributed by atoms with E-state index in [2.05, 4.69) is 15.6 Å². The van der Waals surface area contributed by atoms with Gasteiger partial charge in [0.05, 0.1) is 11.6 Å². The van der Waals surface area contributed by atoms with Crippen LogP contribution in [-0.2, 0) is 4.74 Å². The maximum Gasteiger partial charge on any atom is 0.268 e. The van der Waals surface area contributed by atoms with Gasteiger partial charge in [0.25, 0.3) is 5.91 Å². The fraction of sp³-hybridized carbons (Fsp3) is 0.643. The summed E-state index contributed by atoms with van der Waals surface area (Å²) in [6.45, 7) is 2.75. The van der Waals surface area contributed by atoms with Crippen molar-refractivity contribution in [3.8, 4) is 0 Å². The Labute approximate surface area is 113 Å². The maximum absolute atomic E-state index is 12.2. The second-order valence-electron chi connectivity index (χ2n) is 5.42. The summed E-state index contributed by atoms with van der Waals surface area (Å²) < 4.78 is 6.07. The van der Waals surface area contributed by atoms with E-state index < -0.39 is 0 Å². The Bertz CT molecular complexity index is 416. The lowest BCUT2D eigenvalue weighted by Gasteiger charge is -2.46. The van der Waals surface area contributed by atoms with E-state index in [4.69, 9.17) is 4.74 Å². The van der Waals surface area contributed by atoms with Crippen LogP contribution < -0.4 is 10.6 Å². The van der Waals surface area contributed by atoms with Crippen molar-refractivity contribution in [2.75, 3.05) is 19.7 Å². The van der Waals surface area contributed by atoms with Crippen LogP contribution in [0.3, 0.4) is 0 Å². The molecular weight excluding hydrogens is 242 g/mol. The molecule has 3 heterocycles. The zero-order valence-electron chi connectivity index (χ0n) is 11.1. The second kappa shape index (κ2) is 5.35. The van der Waals surface area contributed by atoms with E-state index in [1.165, 1.54) is 0 Å². The van der Waals surface area contributed by atoms with Gasteiger partial charge in [-0.3, -0.25) is 4.79 Å². The molecule has 2 fully saturated rings. The first kappa shape index (κ1) is 12.7. The van der Waals surface area contributed by atoms with Gasteiger partial charge in [-0.05, 0) is 50.9 Å². The van der Waals surface area contributed by atoms with E-state index in [1.807, 2.05) is 6.07 Å². The minimum absolute atomic E-state index is 0.0293. The largest absolute Gasteiger partial charge is 0.373 e. The predicted molar refractivity (Wildman–Crippen MR) is 72.1 cm³/mol. The molecule has 104 valence electrons. The smallest absolute Gasteiger partial charge is 0.268 e. The zero-order valence-corrected chi connectivity index (χ0v) is 11.1. The highest BCUT2D eigenvalue weighted by Crippen LogP contribution is 2.33. The number of aromatic nitrogens is 1. The van der Waals surface area contributed by atoms with Crippen LogP contribution in [0.15, 0.2) is 18.3 Å². The molecule has 3 rings (SSSR count). The average Bonchev–Trinajstić information content (AvgIpc) is 2.97. The maximum atomic E-state index is 12.2. The molecule has 2 aliphatic heterocycles. The highest BCUT2D eigenvalue weighted by molar-refractivity contribution is 5.92. The standard InChI is InChI=1S/C14H21N3O2/c18-13(11-3-1-7-16-11)17-12-4-2-10-19-14(12)5-8-15-9-6-14/h1,3,7,12,15-16H,2,4-6,8-10H2,(H,17,18). The van der Waals surface area contributed by atoms with E-state index in [-0.39, 0.29) is 17.6 Å². The highest BCUT2D eigenvalue weighted by atomic mass is 16.5. The van der Waals surface area contributed by atoms with Crippen molar-refractivity contribution < 1.29 is 9.53 Å². The number of hydrogen-bond acceptors (Lipinski definition) is 3. The van der Waals surface area contributed by atoms with E-state index in [0.29, 0.717) is 5.69 Å². The topological polar surface area (TPSA) is 66.2 Å². The van der Waals surface area contributed by atoms with Crippen LogP contribution in [0.5, 0.6) is 0 Å². The lowest BCUT2D eigenvalue weighted by molar-refractivity contribution is -0.114. The zero-order chi connectivity index (χ0) is 13.1. The molecule has 1 unspecified atom stereocenters. The highest BCUT2D eigenvalue weighted by Gasteiger charge is 2.43. The summed E-state index contributed by atoms with van der Waals surface area (Å²) in [7, 11) is 0. The van der Waals surface area contributed by atoms with Crippen molar-refractivity contribution in [3.05, 3.63) is 24.0 Å². The summed E-state index contributed by atoms with van der Waals surface area (Å²) >= 11 is 0. The quantitative estimate of drug-likeness (QED) is 0.747. The first-order valence-corrected chi connectivity index (χ1v) is 7.09. The molecule has 1 aromatic heterocycles. The fourth-order valence-electron chi connectivity index (χ4n) is 3.18. The van der Waals surface area contributed by atoms with Crippen molar-refractivity contribution in [2.45, 2.75) is 37.3 Å². The number of carbonyl (C=O) groups is 1. The van der Waals surface area contributed by atoms with Gasteiger partial charge in [0.1, 0.15) is 5.69 Å². The van der Waals surface area contributed by atoms with Gasteiger partial charge < -0.3 is 20.4 Å². The van der Waals surface area contributed by atoms with E-state index in [0.717, 1.165) is 45.4 Å². The predicted octanol–water partition coefficient (Wildman–Crippen LogP) is 1.05. The fourth-order valence-corrected chi connectivity index (χ4v) is 3.18. The molecule has 1 amide bonds. The third-order valence-corrected chi connectivity index (χ3v) is 4.26. The SMILES string of the molecule is O=C(NC1CCCOC12CCNCC2)c1ccc[nH]1. The minimum atomic E-state index is -0.161. The van der Waals surface area contributed by atoms with Crippen LogP contribution in [-0.4, -0.2) is 42.2 Å². The lowest BCUT2D eigenvalue weighted by Crippen LogP contribution is -2.60. The molecule has 5 nitrogen and oxygen atoms in total. The Morgan fingerprint density at radius 2 is 2.26 bits per heavy atom. The Hall–Kier alpha value is -1.33. The summed E-state index contributed by atoms with van der Waals surface area (Å²) in [5.74, 6) is -0.0293. The molecule has 0 aliphatic carbocycles. The number of nitrogens with one attached hydrogen (secondary N) is 3. The number of aromatic amines is 1. The van der Waals surface area contributed by atoms with Gasteiger partial charge >= 0.3 is 0 Å². The number of hydrogen-bond donors (Lipinski definition) is 3. The van der Waals surface area contributed by atoms with Crippen molar-refractivity contribution in [2.24, 2.45) is 0 Å². The van der Waals surface area contributed by atoms with Gasteiger partial charge in [-0.25, -0.2) is 0 Å². The van der Waals surface area contributed by atoms with E-state index >= 15 is 0 Å². The van der Waals surface area contributed by atoms with Crippen LogP contribution in [0.1, 0.15) is 36.2 Å². The molecule has 0 bridgehead atoms. The third kappa shape index (κ3) is 2.53. The van der Waals surface area contributed by atoms with Crippen molar-refractivity contribution in [1.82, 2.24) is 15.6 Å². The van der Waals surface area contributed by atoms with Crippen LogP contribution in [0.4, 0.5) is 0 Å². The Balaban J connectivity index is 1.72. The first-order valence-electron chi connectivity index (χ1n) is 7.09. The van der Waals surface area contributed by atoms with Crippen molar-refractivity contribution >= 4 is 5.91 Å². The Morgan fingerprint density at radius 3 is 3.00 bits per heavy atom. The second-order valence-corrected chi connectivity index (χ2v) is 5.42. The van der Waals surface area contributed by atoms with Crippen molar-refractivity contribution in [3.63, 3.8) is 0 Å². The number of H-pyrrole nitrogens is 1. The lowest BCUT2D eigenvalue weighted by atomic mass is 9.80. The molecule has 1 spiro atoms. The van der Waals surface area contributed by atoms with Gasteiger partial charge in [0.15, 0.2) is 0 Å². The molecule has 19 heavy (non-hydrogen) atoms. The number of piperidine rings is 1. The molecule has 3 N–H and O–H groups in total. The van der Waals surface area contributed by atoms with E-state index in [9.17, 15) is 4.79 Å². The number of ether oxygens (including phenoxy) is 1. The summed E-state index contributed by atoms with van der Waals surface area (Å²) in [4.78, 5) is 15.1. The van der Waals surface area contributed by atoms with Crippen LogP contribution in [0.2, 0.25) is 0 Å². The van der Waals surface area contributed by atoms with Gasteiger partial charge in [-0.15, -0.1) is 0 Å².